The molecule has 4 heteroatoms. The molecule has 19 heavy (non-hydrogen) atoms. The van der Waals surface area contributed by atoms with Crippen molar-refractivity contribution < 1.29 is 4.79 Å². The molecule has 1 aromatic heterocycles. The number of ketones is 1. The number of rotatable bonds is 2. The summed E-state index contributed by atoms with van der Waals surface area (Å²) in [7, 11) is 1.77. The SMILES string of the molecule is Cn1ncc(Br)c1C(=O)c1cccc2ccccc12. The van der Waals surface area contributed by atoms with E-state index < -0.39 is 0 Å². The maximum Gasteiger partial charge on any atom is 0.212 e. The molecule has 94 valence electrons. The quantitative estimate of drug-likeness (QED) is 0.678. The first-order valence-electron chi connectivity index (χ1n) is 5.88. The van der Waals surface area contributed by atoms with Crippen LogP contribution in [0.4, 0.5) is 0 Å². The number of fused-ring (bicyclic) bond motifs is 1. The fraction of sp³-hybridized carbons (Fsp3) is 0.0667. The van der Waals surface area contributed by atoms with Gasteiger partial charge < -0.3 is 0 Å². The average molecular weight is 315 g/mol. The smallest absolute Gasteiger partial charge is 0.212 e. The summed E-state index contributed by atoms with van der Waals surface area (Å²) < 4.78 is 2.31. The summed E-state index contributed by atoms with van der Waals surface area (Å²) in [5.74, 6) is -0.0244. The molecule has 0 fully saturated rings. The number of nitrogens with zero attached hydrogens (tertiary/aromatic N) is 2. The van der Waals surface area contributed by atoms with Gasteiger partial charge in [0.25, 0.3) is 0 Å². The molecule has 0 aliphatic heterocycles. The van der Waals surface area contributed by atoms with E-state index in [2.05, 4.69) is 21.0 Å². The number of aromatic nitrogens is 2. The Morgan fingerprint density at radius 3 is 2.63 bits per heavy atom. The molecule has 0 spiro atoms. The normalized spacial score (nSPS) is 10.8. The second kappa shape index (κ2) is 4.63. The van der Waals surface area contributed by atoms with Crippen molar-refractivity contribution >= 4 is 32.5 Å². The van der Waals surface area contributed by atoms with E-state index in [0.29, 0.717) is 15.7 Å². The van der Waals surface area contributed by atoms with Gasteiger partial charge >= 0.3 is 0 Å². The van der Waals surface area contributed by atoms with E-state index >= 15 is 0 Å². The van der Waals surface area contributed by atoms with Crippen LogP contribution in [-0.4, -0.2) is 15.6 Å². The van der Waals surface area contributed by atoms with Crippen molar-refractivity contribution in [3.63, 3.8) is 0 Å². The van der Waals surface area contributed by atoms with Crippen LogP contribution in [0.15, 0.2) is 53.1 Å². The van der Waals surface area contributed by atoms with Gasteiger partial charge in [-0.2, -0.15) is 5.10 Å². The highest BCUT2D eigenvalue weighted by Crippen LogP contribution is 2.24. The maximum atomic E-state index is 12.7. The van der Waals surface area contributed by atoms with Crippen LogP contribution in [0.3, 0.4) is 0 Å². The molecule has 0 radical (unpaired) electrons. The highest BCUT2D eigenvalue weighted by Gasteiger charge is 2.18. The van der Waals surface area contributed by atoms with E-state index in [1.54, 1.807) is 17.9 Å². The molecule has 0 aliphatic rings. The van der Waals surface area contributed by atoms with Crippen molar-refractivity contribution in [2.24, 2.45) is 7.05 Å². The van der Waals surface area contributed by atoms with E-state index in [4.69, 9.17) is 0 Å². The van der Waals surface area contributed by atoms with Crippen LogP contribution >= 0.6 is 15.9 Å². The Kier molecular flexibility index (Phi) is 2.95. The van der Waals surface area contributed by atoms with Crippen molar-refractivity contribution in [2.45, 2.75) is 0 Å². The third kappa shape index (κ3) is 1.98. The van der Waals surface area contributed by atoms with Gasteiger partial charge in [0.05, 0.1) is 10.7 Å². The van der Waals surface area contributed by atoms with Gasteiger partial charge in [-0.25, -0.2) is 0 Å². The van der Waals surface area contributed by atoms with Gasteiger partial charge in [0.1, 0.15) is 5.69 Å². The van der Waals surface area contributed by atoms with Crippen molar-refractivity contribution in [1.82, 2.24) is 9.78 Å². The van der Waals surface area contributed by atoms with Gasteiger partial charge in [-0.1, -0.05) is 42.5 Å². The standard InChI is InChI=1S/C15H11BrN2O/c1-18-14(13(16)9-17-18)15(19)12-8-4-6-10-5-2-3-7-11(10)12/h2-9H,1H3. The third-order valence-corrected chi connectivity index (χ3v) is 3.72. The van der Waals surface area contributed by atoms with Crippen LogP contribution in [0.2, 0.25) is 0 Å². The molecule has 0 bridgehead atoms. The Morgan fingerprint density at radius 1 is 1.16 bits per heavy atom. The van der Waals surface area contributed by atoms with E-state index in [1.165, 1.54) is 0 Å². The Balaban J connectivity index is 2.23. The predicted molar refractivity (Wildman–Crippen MR) is 78.3 cm³/mol. The minimum atomic E-state index is -0.0244. The molecule has 0 amide bonds. The zero-order valence-corrected chi connectivity index (χ0v) is 11.9. The summed E-state index contributed by atoms with van der Waals surface area (Å²) in [6, 6.07) is 13.6. The number of carbonyl (C=O) groups excluding carboxylic acids is 1. The van der Waals surface area contributed by atoms with Crippen molar-refractivity contribution in [1.29, 1.82) is 0 Å². The van der Waals surface area contributed by atoms with Crippen molar-refractivity contribution in [3.8, 4) is 0 Å². The van der Waals surface area contributed by atoms with Gasteiger partial charge in [-0.15, -0.1) is 0 Å². The molecule has 0 N–H and O–H groups in total. The van der Waals surface area contributed by atoms with Gasteiger partial charge in [-0.05, 0) is 26.7 Å². The summed E-state index contributed by atoms with van der Waals surface area (Å²) >= 11 is 3.37. The van der Waals surface area contributed by atoms with Crippen LogP contribution in [0.5, 0.6) is 0 Å². The predicted octanol–water partition coefficient (Wildman–Crippen LogP) is 3.57. The van der Waals surface area contributed by atoms with Gasteiger partial charge in [0.15, 0.2) is 0 Å². The molecule has 3 nitrogen and oxygen atoms in total. The fourth-order valence-corrected chi connectivity index (χ4v) is 2.75. The zero-order chi connectivity index (χ0) is 13.4. The van der Waals surface area contributed by atoms with Crippen molar-refractivity contribution in [2.75, 3.05) is 0 Å². The zero-order valence-electron chi connectivity index (χ0n) is 10.3. The second-order valence-corrected chi connectivity index (χ2v) is 5.17. The Hall–Kier alpha value is -1.94. The molecule has 2 aromatic carbocycles. The summed E-state index contributed by atoms with van der Waals surface area (Å²) in [6.45, 7) is 0. The van der Waals surface area contributed by atoms with Crippen molar-refractivity contribution in [3.05, 3.63) is 64.4 Å². The number of halogens is 1. The molecular weight excluding hydrogens is 304 g/mol. The Labute approximate surface area is 119 Å². The summed E-state index contributed by atoms with van der Waals surface area (Å²) in [6.07, 6.45) is 1.64. The van der Waals surface area contributed by atoms with Gasteiger partial charge in [0, 0.05) is 12.6 Å². The summed E-state index contributed by atoms with van der Waals surface area (Å²) in [4.78, 5) is 12.7. The lowest BCUT2D eigenvalue weighted by Crippen LogP contribution is -2.09. The molecule has 0 unspecified atom stereocenters. The highest BCUT2D eigenvalue weighted by atomic mass is 79.9. The molecule has 0 aliphatic carbocycles. The van der Waals surface area contributed by atoms with Crippen LogP contribution in [0.1, 0.15) is 16.1 Å². The largest absolute Gasteiger partial charge is 0.287 e. The maximum absolute atomic E-state index is 12.7. The topological polar surface area (TPSA) is 34.9 Å². The van der Waals surface area contributed by atoms with Gasteiger partial charge in [0.2, 0.25) is 5.78 Å². The van der Waals surface area contributed by atoms with E-state index in [1.807, 2.05) is 42.5 Å². The van der Waals surface area contributed by atoms with E-state index in [0.717, 1.165) is 10.8 Å². The molecule has 0 atom stereocenters. The number of hydrogen-bond acceptors (Lipinski definition) is 2. The van der Waals surface area contributed by atoms with E-state index in [9.17, 15) is 4.79 Å². The molecule has 1 heterocycles. The second-order valence-electron chi connectivity index (χ2n) is 4.32. The molecule has 0 saturated carbocycles. The Bertz CT molecular complexity index is 752. The lowest BCUT2D eigenvalue weighted by atomic mass is 10.00. The summed E-state index contributed by atoms with van der Waals surface area (Å²) in [5, 5.41) is 6.11. The Morgan fingerprint density at radius 2 is 1.89 bits per heavy atom. The van der Waals surface area contributed by atoms with Crippen LogP contribution in [-0.2, 0) is 7.05 Å². The lowest BCUT2D eigenvalue weighted by Gasteiger charge is -2.06. The molecular formula is C15H11BrN2O. The number of benzene rings is 2. The monoisotopic (exact) mass is 314 g/mol. The molecule has 0 saturated heterocycles. The highest BCUT2D eigenvalue weighted by molar-refractivity contribution is 9.10. The number of hydrogen-bond donors (Lipinski definition) is 0. The third-order valence-electron chi connectivity index (χ3n) is 3.14. The molecule has 3 rings (SSSR count). The number of aryl methyl sites for hydroxylation is 1. The first-order valence-corrected chi connectivity index (χ1v) is 6.68. The minimum Gasteiger partial charge on any atom is -0.287 e. The van der Waals surface area contributed by atoms with Crippen LogP contribution in [0, 0.1) is 0 Å². The minimum absolute atomic E-state index is 0.0244. The average Bonchev–Trinajstić information content (AvgIpc) is 2.77. The number of carbonyl (C=O) groups is 1. The first-order chi connectivity index (χ1) is 9.18. The summed E-state index contributed by atoms with van der Waals surface area (Å²) in [5.41, 5.74) is 1.26. The fourth-order valence-electron chi connectivity index (χ4n) is 2.22. The van der Waals surface area contributed by atoms with Crippen LogP contribution < -0.4 is 0 Å². The first kappa shape index (κ1) is 12.1. The van der Waals surface area contributed by atoms with Gasteiger partial charge in [-0.3, -0.25) is 9.48 Å². The lowest BCUT2D eigenvalue weighted by molar-refractivity contribution is 0.103. The molecule has 3 aromatic rings. The van der Waals surface area contributed by atoms with E-state index in [-0.39, 0.29) is 5.78 Å². The van der Waals surface area contributed by atoms with Crippen LogP contribution in [0.25, 0.3) is 10.8 Å².